The third kappa shape index (κ3) is 4.43. The van der Waals surface area contributed by atoms with E-state index in [0.29, 0.717) is 32.3 Å². The van der Waals surface area contributed by atoms with Crippen molar-refractivity contribution in [3.8, 4) is 22.6 Å². The highest BCUT2D eigenvalue weighted by atomic mass is 79.9. The Morgan fingerprint density at radius 2 is 1.84 bits per heavy atom. The molecule has 10 nitrogen and oxygen atoms in total. The zero-order chi connectivity index (χ0) is 23.3. The monoisotopic (exact) mass is 500 g/mol. The SMILES string of the molecule is COC(=O)c1cc2cc(OC)c(OCN=[N+]=[N-])cc2c(-c2ccnc(Br)c2)c1C(=O)OC. The minimum Gasteiger partial charge on any atom is -0.493 e. The third-order valence-electron chi connectivity index (χ3n) is 4.58. The van der Waals surface area contributed by atoms with Crippen molar-refractivity contribution in [1.82, 2.24) is 4.98 Å². The van der Waals surface area contributed by atoms with E-state index in [1.165, 1.54) is 27.4 Å². The van der Waals surface area contributed by atoms with Gasteiger partial charge in [0, 0.05) is 16.7 Å². The Labute approximate surface area is 190 Å². The molecule has 1 aromatic heterocycles. The van der Waals surface area contributed by atoms with E-state index in [0.717, 1.165) is 0 Å². The van der Waals surface area contributed by atoms with E-state index in [2.05, 4.69) is 30.9 Å². The molecule has 0 aliphatic carbocycles. The van der Waals surface area contributed by atoms with Gasteiger partial charge < -0.3 is 18.9 Å². The first-order valence-corrected chi connectivity index (χ1v) is 9.85. The number of hydrogen-bond donors (Lipinski definition) is 0. The molecule has 0 saturated heterocycles. The minimum absolute atomic E-state index is 0.0242. The number of pyridine rings is 1. The van der Waals surface area contributed by atoms with Gasteiger partial charge in [-0.2, -0.15) is 0 Å². The van der Waals surface area contributed by atoms with E-state index >= 15 is 0 Å². The molecule has 1 heterocycles. The molecule has 3 rings (SSSR count). The summed E-state index contributed by atoms with van der Waals surface area (Å²) < 4.78 is 21.3. The second kappa shape index (κ2) is 9.99. The van der Waals surface area contributed by atoms with Crippen LogP contribution in [0.25, 0.3) is 32.3 Å². The van der Waals surface area contributed by atoms with E-state index in [1.807, 2.05) is 0 Å². The van der Waals surface area contributed by atoms with Gasteiger partial charge in [-0.25, -0.2) is 14.6 Å². The van der Waals surface area contributed by atoms with Gasteiger partial charge in [-0.15, -0.1) is 0 Å². The zero-order valence-corrected chi connectivity index (χ0v) is 18.9. The molecule has 0 aliphatic heterocycles. The summed E-state index contributed by atoms with van der Waals surface area (Å²) in [5.74, 6) is -0.801. The van der Waals surface area contributed by atoms with E-state index in [-0.39, 0.29) is 23.6 Å². The number of benzene rings is 2. The maximum atomic E-state index is 12.8. The van der Waals surface area contributed by atoms with Crippen LogP contribution in [0.15, 0.2) is 46.2 Å². The maximum Gasteiger partial charge on any atom is 0.339 e. The molecule has 0 saturated carbocycles. The number of fused-ring (bicyclic) bond motifs is 1. The van der Waals surface area contributed by atoms with Crippen LogP contribution in [0, 0.1) is 0 Å². The molecule has 0 amide bonds. The lowest BCUT2D eigenvalue weighted by molar-refractivity contribution is 0.0556. The number of azide groups is 1. The van der Waals surface area contributed by atoms with Crippen molar-refractivity contribution < 1.29 is 28.5 Å². The van der Waals surface area contributed by atoms with E-state index in [1.54, 1.807) is 30.5 Å². The van der Waals surface area contributed by atoms with Crippen LogP contribution in [0.2, 0.25) is 0 Å². The lowest BCUT2D eigenvalue weighted by Gasteiger charge is -2.18. The summed E-state index contributed by atoms with van der Waals surface area (Å²) in [6.07, 6.45) is 1.56. The number of carbonyl (C=O) groups is 2. The topological polar surface area (TPSA) is 133 Å². The third-order valence-corrected chi connectivity index (χ3v) is 5.01. The number of hydrogen-bond acceptors (Lipinski definition) is 8. The number of halogens is 1. The standard InChI is InChI=1S/C21H17BrN4O6/c1-29-15-7-12-6-14(20(27)30-2)19(21(28)31-3)18(11-4-5-24-17(22)8-11)13(12)9-16(15)32-10-25-26-23/h4-9H,10H2,1-3H3. The Bertz CT molecular complexity index is 1260. The predicted molar refractivity (Wildman–Crippen MR) is 119 cm³/mol. The molecule has 0 atom stereocenters. The van der Waals surface area contributed by atoms with E-state index in [4.69, 9.17) is 24.5 Å². The van der Waals surface area contributed by atoms with E-state index < -0.39 is 11.9 Å². The predicted octanol–water partition coefficient (Wildman–Crippen LogP) is 4.89. The van der Waals surface area contributed by atoms with Gasteiger partial charge in [0.05, 0.1) is 32.5 Å². The van der Waals surface area contributed by atoms with Crippen LogP contribution in [0.4, 0.5) is 0 Å². The van der Waals surface area contributed by atoms with E-state index in [9.17, 15) is 9.59 Å². The second-order valence-electron chi connectivity index (χ2n) is 6.25. The van der Waals surface area contributed by atoms with Crippen molar-refractivity contribution in [2.75, 3.05) is 28.1 Å². The number of methoxy groups -OCH3 is 3. The van der Waals surface area contributed by atoms with Crippen molar-refractivity contribution in [1.29, 1.82) is 0 Å². The average molecular weight is 501 g/mol. The van der Waals surface area contributed by atoms with Crippen molar-refractivity contribution in [2.45, 2.75) is 0 Å². The van der Waals surface area contributed by atoms with Crippen molar-refractivity contribution >= 4 is 38.6 Å². The molecular formula is C21H17BrN4O6. The normalized spacial score (nSPS) is 10.2. The smallest absolute Gasteiger partial charge is 0.339 e. The molecule has 2 aromatic carbocycles. The Morgan fingerprint density at radius 1 is 1.09 bits per heavy atom. The zero-order valence-electron chi connectivity index (χ0n) is 17.3. The quantitative estimate of drug-likeness (QED) is 0.148. The number of rotatable bonds is 7. The highest BCUT2D eigenvalue weighted by Gasteiger charge is 2.27. The number of esters is 2. The van der Waals surface area contributed by atoms with Crippen molar-refractivity contribution in [2.24, 2.45) is 5.11 Å². The molecule has 0 radical (unpaired) electrons. The molecule has 0 fully saturated rings. The Kier molecular flexibility index (Phi) is 7.14. The van der Waals surface area contributed by atoms with Crippen LogP contribution in [0.3, 0.4) is 0 Å². The lowest BCUT2D eigenvalue weighted by Crippen LogP contribution is -2.14. The Morgan fingerprint density at radius 3 is 2.47 bits per heavy atom. The van der Waals surface area contributed by atoms with Crippen LogP contribution >= 0.6 is 15.9 Å². The number of ether oxygens (including phenoxy) is 4. The average Bonchev–Trinajstić information content (AvgIpc) is 2.81. The number of nitrogens with zero attached hydrogens (tertiary/aromatic N) is 4. The van der Waals surface area contributed by atoms with Gasteiger partial charge in [0.1, 0.15) is 4.60 Å². The summed E-state index contributed by atoms with van der Waals surface area (Å²) in [5, 5.41) is 4.52. The number of aromatic nitrogens is 1. The van der Waals surface area contributed by atoms with Gasteiger partial charge in [0.2, 0.25) is 0 Å². The highest BCUT2D eigenvalue weighted by molar-refractivity contribution is 9.10. The van der Waals surface area contributed by atoms with Gasteiger partial charge in [-0.1, -0.05) is 5.11 Å². The molecule has 3 aromatic rings. The van der Waals surface area contributed by atoms with Crippen LogP contribution in [-0.2, 0) is 9.47 Å². The molecule has 0 spiro atoms. The highest BCUT2D eigenvalue weighted by Crippen LogP contribution is 2.41. The summed E-state index contributed by atoms with van der Waals surface area (Å²) >= 11 is 3.33. The fraction of sp³-hybridized carbons (Fsp3) is 0.190. The fourth-order valence-corrected chi connectivity index (χ4v) is 3.61. The van der Waals surface area contributed by atoms with Crippen LogP contribution in [-0.4, -0.2) is 45.0 Å². The van der Waals surface area contributed by atoms with Gasteiger partial charge in [0.25, 0.3) is 0 Å². The first-order valence-electron chi connectivity index (χ1n) is 9.06. The molecule has 0 unspecified atom stereocenters. The first kappa shape index (κ1) is 22.9. The maximum absolute atomic E-state index is 12.8. The Balaban J connectivity index is 2.48. The molecule has 164 valence electrons. The fourth-order valence-electron chi connectivity index (χ4n) is 3.25. The van der Waals surface area contributed by atoms with Crippen LogP contribution in [0.1, 0.15) is 20.7 Å². The Hall–Kier alpha value is -3.82. The van der Waals surface area contributed by atoms with Crippen molar-refractivity contribution in [3.63, 3.8) is 0 Å². The van der Waals surface area contributed by atoms with Gasteiger partial charge in [-0.3, -0.25) is 0 Å². The summed E-state index contributed by atoms with van der Waals surface area (Å²) in [6, 6.07) is 8.20. The van der Waals surface area contributed by atoms with Crippen molar-refractivity contribution in [3.05, 3.63) is 62.7 Å². The minimum atomic E-state index is -0.720. The molecular weight excluding hydrogens is 484 g/mol. The molecule has 11 heteroatoms. The first-order chi connectivity index (χ1) is 15.4. The van der Waals surface area contributed by atoms with Gasteiger partial charge >= 0.3 is 11.9 Å². The van der Waals surface area contributed by atoms with Crippen LogP contribution < -0.4 is 9.47 Å². The summed E-state index contributed by atoms with van der Waals surface area (Å²) in [5.41, 5.74) is 9.59. The molecule has 0 aliphatic rings. The number of carbonyl (C=O) groups excluding carboxylic acids is 2. The van der Waals surface area contributed by atoms with Gasteiger partial charge in [-0.05, 0) is 68.1 Å². The summed E-state index contributed by atoms with van der Waals surface area (Å²) in [4.78, 5) is 32.2. The molecule has 0 bridgehead atoms. The van der Waals surface area contributed by atoms with Crippen LogP contribution in [0.5, 0.6) is 11.5 Å². The largest absolute Gasteiger partial charge is 0.493 e. The lowest BCUT2D eigenvalue weighted by atomic mass is 9.89. The molecule has 0 N–H and O–H groups in total. The summed E-state index contributed by atoms with van der Waals surface area (Å²) in [7, 11) is 3.90. The summed E-state index contributed by atoms with van der Waals surface area (Å²) in [6.45, 7) is -0.265. The second-order valence-corrected chi connectivity index (χ2v) is 7.07. The molecule has 32 heavy (non-hydrogen) atoms. The van der Waals surface area contributed by atoms with Gasteiger partial charge in [0.15, 0.2) is 18.2 Å².